The fourth-order valence-electron chi connectivity index (χ4n) is 3.65. The van der Waals surface area contributed by atoms with Crippen LogP contribution in [0.1, 0.15) is 30.4 Å². The van der Waals surface area contributed by atoms with Crippen molar-refractivity contribution >= 4 is 5.91 Å². The lowest BCUT2D eigenvalue weighted by Gasteiger charge is -2.31. The van der Waals surface area contributed by atoms with Gasteiger partial charge in [-0.05, 0) is 68.6 Å². The fourth-order valence-corrected chi connectivity index (χ4v) is 3.65. The van der Waals surface area contributed by atoms with Gasteiger partial charge >= 0.3 is 0 Å². The van der Waals surface area contributed by atoms with Gasteiger partial charge in [-0.15, -0.1) is 0 Å². The van der Waals surface area contributed by atoms with Gasteiger partial charge in [-0.2, -0.15) is 0 Å². The van der Waals surface area contributed by atoms with Crippen molar-refractivity contribution in [1.82, 2.24) is 10.2 Å². The van der Waals surface area contributed by atoms with Gasteiger partial charge in [-0.3, -0.25) is 4.79 Å². The molecule has 1 amide bonds. The number of rotatable bonds is 8. The van der Waals surface area contributed by atoms with Gasteiger partial charge < -0.3 is 15.0 Å². The minimum atomic E-state index is 0.147. The lowest BCUT2D eigenvalue weighted by Crippen LogP contribution is -2.40. The van der Waals surface area contributed by atoms with Crippen molar-refractivity contribution in [2.75, 3.05) is 26.7 Å². The van der Waals surface area contributed by atoms with E-state index in [1.807, 2.05) is 24.3 Å². The fraction of sp³-hybridized carbons (Fsp3) is 0.435. The molecule has 1 aliphatic rings. The summed E-state index contributed by atoms with van der Waals surface area (Å²) in [5.41, 5.74) is 2.51. The third kappa shape index (κ3) is 6.10. The van der Waals surface area contributed by atoms with Crippen LogP contribution in [0.2, 0.25) is 0 Å². The van der Waals surface area contributed by atoms with E-state index < -0.39 is 0 Å². The lowest BCUT2D eigenvalue weighted by molar-refractivity contribution is -0.126. The zero-order chi connectivity index (χ0) is 18.9. The van der Waals surface area contributed by atoms with Gasteiger partial charge in [0.2, 0.25) is 5.91 Å². The summed E-state index contributed by atoms with van der Waals surface area (Å²) in [5, 5.41) is 3.09. The molecule has 4 heteroatoms. The van der Waals surface area contributed by atoms with Crippen molar-refractivity contribution in [3.8, 4) is 5.75 Å². The monoisotopic (exact) mass is 366 g/mol. The summed E-state index contributed by atoms with van der Waals surface area (Å²) in [7, 11) is 1.66. The molecule has 0 bridgehead atoms. The predicted octanol–water partition coefficient (Wildman–Crippen LogP) is 3.66. The minimum Gasteiger partial charge on any atom is -0.497 e. The second kappa shape index (κ2) is 10.1. The zero-order valence-corrected chi connectivity index (χ0v) is 16.2. The Morgan fingerprint density at radius 2 is 1.74 bits per heavy atom. The first-order valence-corrected chi connectivity index (χ1v) is 9.91. The predicted molar refractivity (Wildman–Crippen MR) is 109 cm³/mol. The van der Waals surface area contributed by atoms with E-state index in [1.165, 1.54) is 12.0 Å². The topological polar surface area (TPSA) is 41.6 Å². The molecule has 0 atom stereocenters. The van der Waals surface area contributed by atoms with Crippen LogP contribution in [0.3, 0.4) is 0 Å². The van der Waals surface area contributed by atoms with Gasteiger partial charge in [0.1, 0.15) is 5.75 Å². The van der Waals surface area contributed by atoms with Crippen LogP contribution in [-0.2, 0) is 17.8 Å². The second-order valence-corrected chi connectivity index (χ2v) is 7.27. The van der Waals surface area contributed by atoms with Gasteiger partial charge in [0.05, 0.1) is 7.11 Å². The molecule has 3 rings (SSSR count). The number of hydrogen-bond acceptors (Lipinski definition) is 3. The maximum Gasteiger partial charge on any atom is 0.223 e. The number of amides is 1. The number of carbonyl (C=O) groups is 1. The van der Waals surface area contributed by atoms with Crippen LogP contribution in [0.5, 0.6) is 5.75 Å². The van der Waals surface area contributed by atoms with E-state index in [4.69, 9.17) is 4.74 Å². The standard InChI is InChI=1S/C23H30N2O2/c1-27-22-11-9-20(10-12-22)18-24-23(26)21-13-16-25(17-14-21)15-5-8-19-6-3-2-4-7-19/h2-4,6-7,9-12,21H,5,8,13-18H2,1H3,(H,24,26). The Morgan fingerprint density at radius 3 is 2.41 bits per heavy atom. The van der Waals surface area contributed by atoms with Crippen LogP contribution in [0.15, 0.2) is 54.6 Å². The van der Waals surface area contributed by atoms with Gasteiger partial charge in [-0.1, -0.05) is 42.5 Å². The van der Waals surface area contributed by atoms with Crippen molar-refractivity contribution in [3.05, 3.63) is 65.7 Å². The van der Waals surface area contributed by atoms with E-state index in [1.54, 1.807) is 7.11 Å². The molecule has 1 fully saturated rings. The molecule has 4 nitrogen and oxygen atoms in total. The molecule has 1 saturated heterocycles. The van der Waals surface area contributed by atoms with Crippen molar-refractivity contribution in [3.63, 3.8) is 0 Å². The van der Waals surface area contributed by atoms with Crippen LogP contribution in [-0.4, -0.2) is 37.6 Å². The van der Waals surface area contributed by atoms with E-state index >= 15 is 0 Å². The summed E-state index contributed by atoms with van der Waals surface area (Å²) in [6.07, 6.45) is 4.22. The van der Waals surface area contributed by atoms with Crippen LogP contribution in [0.25, 0.3) is 0 Å². The second-order valence-electron chi connectivity index (χ2n) is 7.27. The number of carbonyl (C=O) groups excluding carboxylic acids is 1. The number of nitrogens with one attached hydrogen (secondary N) is 1. The molecule has 1 aliphatic heterocycles. The number of likely N-dealkylation sites (tertiary alicyclic amines) is 1. The molecule has 0 spiro atoms. The molecule has 2 aromatic carbocycles. The molecular formula is C23H30N2O2. The summed E-state index contributed by atoms with van der Waals surface area (Å²) >= 11 is 0. The summed E-state index contributed by atoms with van der Waals surface area (Å²) in [6, 6.07) is 18.5. The highest BCUT2D eigenvalue weighted by molar-refractivity contribution is 5.78. The van der Waals surface area contributed by atoms with Crippen LogP contribution in [0.4, 0.5) is 0 Å². The van der Waals surface area contributed by atoms with Crippen LogP contribution < -0.4 is 10.1 Å². The number of aryl methyl sites for hydroxylation is 1. The number of piperidine rings is 1. The molecule has 0 aliphatic carbocycles. The smallest absolute Gasteiger partial charge is 0.223 e. The summed E-state index contributed by atoms with van der Waals surface area (Å²) in [4.78, 5) is 14.9. The Labute approximate surface area is 162 Å². The van der Waals surface area contributed by atoms with Gasteiger partial charge in [0.15, 0.2) is 0 Å². The van der Waals surface area contributed by atoms with Gasteiger partial charge in [-0.25, -0.2) is 0 Å². The average Bonchev–Trinajstić information content (AvgIpc) is 2.73. The summed E-state index contributed by atoms with van der Waals surface area (Å²) in [5.74, 6) is 1.17. The van der Waals surface area contributed by atoms with E-state index in [-0.39, 0.29) is 11.8 Å². The Hall–Kier alpha value is -2.33. The number of nitrogens with zero attached hydrogens (tertiary/aromatic N) is 1. The molecule has 1 N–H and O–H groups in total. The molecule has 2 aromatic rings. The lowest BCUT2D eigenvalue weighted by atomic mass is 9.95. The van der Waals surface area contributed by atoms with E-state index in [2.05, 4.69) is 40.5 Å². The first-order chi connectivity index (χ1) is 13.2. The molecule has 1 heterocycles. The maximum atomic E-state index is 12.4. The average molecular weight is 367 g/mol. The third-order valence-electron chi connectivity index (χ3n) is 5.37. The van der Waals surface area contributed by atoms with Crippen molar-refractivity contribution in [1.29, 1.82) is 0 Å². The normalized spacial score (nSPS) is 15.4. The van der Waals surface area contributed by atoms with Gasteiger partial charge in [0, 0.05) is 12.5 Å². The Morgan fingerprint density at radius 1 is 1.04 bits per heavy atom. The van der Waals surface area contributed by atoms with E-state index in [9.17, 15) is 4.79 Å². The van der Waals surface area contributed by atoms with Crippen molar-refractivity contribution in [2.45, 2.75) is 32.2 Å². The Bertz CT molecular complexity index is 692. The molecule has 0 saturated carbocycles. The number of hydrogen-bond donors (Lipinski definition) is 1. The molecule has 0 unspecified atom stereocenters. The highest BCUT2D eigenvalue weighted by atomic mass is 16.5. The zero-order valence-electron chi connectivity index (χ0n) is 16.2. The molecule has 27 heavy (non-hydrogen) atoms. The van der Waals surface area contributed by atoms with E-state index in [0.717, 1.165) is 50.2 Å². The summed E-state index contributed by atoms with van der Waals surface area (Å²) < 4.78 is 5.16. The largest absolute Gasteiger partial charge is 0.497 e. The number of benzene rings is 2. The maximum absolute atomic E-state index is 12.4. The summed E-state index contributed by atoms with van der Waals surface area (Å²) in [6.45, 7) is 3.75. The van der Waals surface area contributed by atoms with Crippen LogP contribution in [0, 0.1) is 5.92 Å². The SMILES string of the molecule is COc1ccc(CNC(=O)C2CCN(CCCc3ccccc3)CC2)cc1. The molecular weight excluding hydrogens is 336 g/mol. The minimum absolute atomic E-state index is 0.147. The molecule has 144 valence electrons. The van der Waals surface area contributed by atoms with Crippen molar-refractivity contribution in [2.24, 2.45) is 5.92 Å². The first-order valence-electron chi connectivity index (χ1n) is 9.91. The highest BCUT2D eigenvalue weighted by Gasteiger charge is 2.24. The Kier molecular flexibility index (Phi) is 7.28. The molecule has 0 radical (unpaired) electrons. The van der Waals surface area contributed by atoms with Crippen molar-refractivity contribution < 1.29 is 9.53 Å². The quantitative estimate of drug-likeness (QED) is 0.775. The number of methoxy groups -OCH3 is 1. The Balaban J connectivity index is 1.33. The highest BCUT2D eigenvalue weighted by Crippen LogP contribution is 2.18. The first kappa shape index (κ1) is 19.4. The molecule has 0 aromatic heterocycles. The third-order valence-corrected chi connectivity index (χ3v) is 5.37. The van der Waals surface area contributed by atoms with Crippen LogP contribution >= 0.6 is 0 Å². The number of ether oxygens (including phenoxy) is 1. The van der Waals surface area contributed by atoms with E-state index in [0.29, 0.717) is 6.54 Å². The van der Waals surface area contributed by atoms with Gasteiger partial charge in [0.25, 0.3) is 0 Å².